The summed E-state index contributed by atoms with van der Waals surface area (Å²) in [6, 6.07) is 13.6. The summed E-state index contributed by atoms with van der Waals surface area (Å²) < 4.78 is 16.0. The van der Waals surface area contributed by atoms with E-state index in [4.69, 9.17) is 11.6 Å². The first-order chi connectivity index (χ1) is 12.1. The molecule has 0 amide bonds. The molecule has 0 aliphatic rings. The molecule has 2 aromatic carbocycles. The molecule has 0 aliphatic heterocycles. The van der Waals surface area contributed by atoms with Crippen LogP contribution in [0.5, 0.6) is 0 Å². The van der Waals surface area contributed by atoms with Crippen molar-refractivity contribution in [2.75, 3.05) is 5.75 Å². The second kappa shape index (κ2) is 7.80. The zero-order valence-corrected chi connectivity index (χ0v) is 15.0. The van der Waals surface area contributed by atoms with Crippen molar-refractivity contribution in [2.24, 2.45) is 0 Å². The first kappa shape index (κ1) is 17.6. The van der Waals surface area contributed by atoms with Crippen molar-refractivity contribution < 1.29 is 9.18 Å². The molecule has 0 aliphatic carbocycles. The predicted molar refractivity (Wildman–Crippen MR) is 97.8 cm³/mol. The van der Waals surface area contributed by atoms with Crippen molar-refractivity contribution in [1.82, 2.24) is 14.8 Å². The zero-order chi connectivity index (χ0) is 17.8. The standard InChI is InChI=1S/C18H15ClFN3OS/c1-12(24)10-11-25-18-22-21-17(13-6-2-3-7-14(13)19)23(18)16-9-5-4-8-15(16)20/h2-9H,10-11H2,1H3. The molecule has 3 aromatic rings. The summed E-state index contributed by atoms with van der Waals surface area (Å²) >= 11 is 7.65. The highest BCUT2D eigenvalue weighted by molar-refractivity contribution is 7.99. The fourth-order valence-electron chi connectivity index (χ4n) is 2.32. The molecule has 0 saturated carbocycles. The Morgan fingerprint density at radius 2 is 1.88 bits per heavy atom. The number of aromatic nitrogens is 3. The minimum Gasteiger partial charge on any atom is -0.300 e. The highest BCUT2D eigenvalue weighted by Gasteiger charge is 2.20. The predicted octanol–water partition coefficient (Wildman–Crippen LogP) is 4.80. The largest absolute Gasteiger partial charge is 0.300 e. The third-order valence-corrected chi connectivity index (χ3v) is 4.79. The second-order valence-corrected chi connectivity index (χ2v) is 6.84. The molecule has 0 fully saturated rings. The molecular formula is C18H15ClFN3OS. The quantitative estimate of drug-likeness (QED) is 0.581. The van der Waals surface area contributed by atoms with Gasteiger partial charge in [0, 0.05) is 17.7 Å². The first-order valence-corrected chi connectivity index (χ1v) is 9.01. The van der Waals surface area contributed by atoms with E-state index in [1.807, 2.05) is 18.2 Å². The van der Waals surface area contributed by atoms with E-state index in [1.165, 1.54) is 24.8 Å². The average Bonchev–Trinajstić information content (AvgIpc) is 2.99. The van der Waals surface area contributed by atoms with E-state index >= 15 is 0 Å². The molecule has 1 aromatic heterocycles. The van der Waals surface area contributed by atoms with E-state index in [9.17, 15) is 9.18 Å². The van der Waals surface area contributed by atoms with Gasteiger partial charge in [0.2, 0.25) is 0 Å². The molecule has 1 heterocycles. The number of halogens is 2. The Bertz CT molecular complexity index is 913. The molecule has 0 N–H and O–H groups in total. The van der Waals surface area contributed by atoms with Crippen LogP contribution >= 0.6 is 23.4 Å². The van der Waals surface area contributed by atoms with Crippen LogP contribution in [-0.2, 0) is 4.79 Å². The van der Waals surface area contributed by atoms with Gasteiger partial charge in [0.15, 0.2) is 11.0 Å². The Morgan fingerprint density at radius 1 is 1.16 bits per heavy atom. The number of benzene rings is 2. The average molecular weight is 376 g/mol. The number of carbonyl (C=O) groups is 1. The van der Waals surface area contributed by atoms with Crippen LogP contribution in [0.4, 0.5) is 4.39 Å². The van der Waals surface area contributed by atoms with Crippen molar-refractivity contribution in [3.63, 3.8) is 0 Å². The van der Waals surface area contributed by atoms with Crippen LogP contribution in [0, 0.1) is 5.82 Å². The van der Waals surface area contributed by atoms with Gasteiger partial charge < -0.3 is 0 Å². The summed E-state index contributed by atoms with van der Waals surface area (Å²) in [5.41, 5.74) is 1.01. The summed E-state index contributed by atoms with van der Waals surface area (Å²) in [6.07, 6.45) is 0.413. The number of rotatable bonds is 6. The monoisotopic (exact) mass is 375 g/mol. The summed E-state index contributed by atoms with van der Waals surface area (Å²) in [4.78, 5) is 11.2. The molecule has 3 rings (SSSR count). The molecule has 0 radical (unpaired) electrons. The van der Waals surface area contributed by atoms with E-state index in [0.29, 0.717) is 39.4 Å². The van der Waals surface area contributed by atoms with E-state index in [2.05, 4.69) is 10.2 Å². The number of hydrogen-bond acceptors (Lipinski definition) is 4. The summed E-state index contributed by atoms with van der Waals surface area (Å²) in [5.74, 6) is 0.714. The van der Waals surface area contributed by atoms with Gasteiger partial charge in [-0.3, -0.25) is 9.36 Å². The Balaban J connectivity index is 2.10. The molecule has 0 bridgehead atoms. The summed E-state index contributed by atoms with van der Waals surface area (Å²) in [5, 5.41) is 9.43. The van der Waals surface area contributed by atoms with Crippen LogP contribution in [-0.4, -0.2) is 26.3 Å². The smallest absolute Gasteiger partial charge is 0.196 e. The maximum Gasteiger partial charge on any atom is 0.196 e. The third-order valence-electron chi connectivity index (χ3n) is 3.53. The van der Waals surface area contributed by atoms with Gasteiger partial charge in [-0.1, -0.05) is 47.6 Å². The van der Waals surface area contributed by atoms with Crippen molar-refractivity contribution in [1.29, 1.82) is 0 Å². The van der Waals surface area contributed by atoms with Crippen LogP contribution < -0.4 is 0 Å². The SMILES string of the molecule is CC(=O)CCSc1nnc(-c2ccccc2Cl)n1-c1ccccc1F. The van der Waals surface area contributed by atoms with Gasteiger partial charge in [-0.15, -0.1) is 10.2 Å². The van der Waals surface area contributed by atoms with Crippen molar-refractivity contribution in [3.05, 3.63) is 59.4 Å². The van der Waals surface area contributed by atoms with Crippen LogP contribution in [0.25, 0.3) is 17.1 Å². The number of carbonyl (C=O) groups excluding carboxylic acids is 1. The van der Waals surface area contributed by atoms with Crippen molar-refractivity contribution in [2.45, 2.75) is 18.5 Å². The number of Topliss-reactive ketones (excluding diaryl/α,β-unsaturated/α-hetero) is 1. The lowest BCUT2D eigenvalue weighted by atomic mass is 10.2. The summed E-state index contributed by atoms with van der Waals surface area (Å²) in [6.45, 7) is 1.54. The van der Waals surface area contributed by atoms with E-state index in [0.717, 1.165) is 0 Å². The van der Waals surface area contributed by atoms with Crippen molar-refractivity contribution >= 4 is 29.1 Å². The van der Waals surface area contributed by atoms with Gasteiger partial charge in [-0.05, 0) is 31.2 Å². The Morgan fingerprint density at radius 3 is 2.60 bits per heavy atom. The highest BCUT2D eigenvalue weighted by atomic mass is 35.5. The second-order valence-electron chi connectivity index (χ2n) is 5.37. The molecule has 0 spiro atoms. The van der Waals surface area contributed by atoms with E-state index in [1.54, 1.807) is 28.8 Å². The molecule has 7 heteroatoms. The van der Waals surface area contributed by atoms with Gasteiger partial charge in [0.25, 0.3) is 0 Å². The van der Waals surface area contributed by atoms with Gasteiger partial charge in [-0.2, -0.15) is 0 Å². The molecule has 0 unspecified atom stereocenters. The highest BCUT2D eigenvalue weighted by Crippen LogP contribution is 2.32. The lowest BCUT2D eigenvalue weighted by molar-refractivity contribution is -0.116. The summed E-state index contributed by atoms with van der Waals surface area (Å²) in [7, 11) is 0. The normalized spacial score (nSPS) is 10.8. The maximum absolute atomic E-state index is 14.4. The van der Waals surface area contributed by atoms with Crippen LogP contribution in [0.15, 0.2) is 53.7 Å². The van der Waals surface area contributed by atoms with Gasteiger partial charge >= 0.3 is 0 Å². The lowest BCUT2D eigenvalue weighted by Crippen LogP contribution is -2.03. The first-order valence-electron chi connectivity index (χ1n) is 7.65. The fraction of sp³-hybridized carbons (Fsp3) is 0.167. The maximum atomic E-state index is 14.4. The van der Waals surface area contributed by atoms with Crippen LogP contribution in [0.2, 0.25) is 5.02 Å². The number of thioether (sulfide) groups is 1. The topological polar surface area (TPSA) is 47.8 Å². The van der Waals surface area contributed by atoms with Crippen molar-refractivity contribution in [3.8, 4) is 17.1 Å². The Labute approximate surface area is 154 Å². The van der Waals surface area contributed by atoms with Crippen LogP contribution in [0.3, 0.4) is 0 Å². The fourth-order valence-corrected chi connectivity index (χ4v) is 3.52. The molecule has 0 saturated heterocycles. The number of para-hydroxylation sites is 1. The molecule has 4 nitrogen and oxygen atoms in total. The Hall–Kier alpha value is -2.18. The minimum absolute atomic E-state index is 0.0933. The zero-order valence-electron chi connectivity index (χ0n) is 13.4. The molecule has 25 heavy (non-hydrogen) atoms. The van der Waals surface area contributed by atoms with Crippen LogP contribution in [0.1, 0.15) is 13.3 Å². The molecule has 128 valence electrons. The minimum atomic E-state index is -0.385. The van der Waals surface area contributed by atoms with Gasteiger partial charge in [-0.25, -0.2) is 4.39 Å². The lowest BCUT2D eigenvalue weighted by Gasteiger charge is -2.11. The Kier molecular flexibility index (Phi) is 5.50. The van der Waals surface area contributed by atoms with Gasteiger partial charge in [0.05, 0.1) is 10.7 Å². The molecule has 0 atom stereocenters. The number of hydrogen-bond donors (Lipinski definition) is 0. The van der Waals surface area contributed by atoms with E-state index < -0.39 is 0 Å². The number of nitrogens with zero attached hydrogens (tertiary/aromatic N) is 3. The number of ketones is 1. The van der Waals surface area contributed by atoms with Gasteiger partial charge in [0.1, 0.15) is 11.6 Å². The third kappa shape index (κ3) is 3.91. The van der Waals surface area contributed by atoms with E-state index in [-0.39, 0.29) is 11.6 Å². The molecular weight excluding hydrogens is 361 g/mol.